The summed E-state index contributed by atoms with van der Waals surface area (Å²) in [7, 11) is 0.724. The van der Waals surface area contributed by atoms with Crippen molar-refractivity contribution in [3.05, 3.63) is 18.3 Å². The largest absolute Gasteiger partial charge is 0.363 e. The lowest BCUT2D eigenvalue weighted by Crippen LogP contribution is -2.23. The summed E-state index contributed by atoms with van der Waals surface area (Å²) in [6.45, 7) is 0. The number of rotatable bonds is 3. The molecule has 7 heteroatoms. The maximum Gasteiger partial charge on any atom is 0.228 e. The number of amides is 1. The van der Waals surface area contributed by atoms with Gasteiger partial charge in [-0.25, -0.2) is 13.4 Å². The Morgan fingerprint density at radius 3 is 2.63 bits per heavy atom. The van der Waals surface area contributed by atoms with Gasteiger partial charge in [-0.3, -0.25) is 4.79 Å². The molecule has 104 valence electrons. The second kappa shape index (κ2) is 5.16. The zero-order valence-electron chi connectivity index (χ0n) is 11.0. The molecular weight excluding hydrogens is 266 g/mol. The molecule has 1 aromatic rings. The molecule has 0 aliphatic carbocycles. The molecule has 1 aliphatic rings. The summed E-state index contributed by atoms with van der Waals surface area (Å²) in [5.41, 5.74) is 0.583. The van der Waals surface area contributed by atoms with Crippen molar-refractivity contribution in [2.75, 3.05) is 35.8 Å². The molecule has 19 heavy (non-hydrogen) atoms. The van der Waals surface area contributed by atoms with Crippen LogP contribution in [0.3, 0.4) is 0 Å². The standard InChI is InChI=1S/C12H17N3O3S/c1-15(2)11-4-3-10(7-13-11)14-12(16)9-5-6-19(17,18)8-9/h3-4,7,9H,5-6,8H2,1-2H3,(H,14,16). The van der Waals surface area contributed by atoms with Crippen molar-refractivity contribution >= 4 is 27.2 Å². The Labute approximate surface area is 112 Å². The molecule has 1 N–H and O–H groups in total. The molecule has 0 aromatic carbocycles. The van der Waals surface area contributed by atoms with Crippen molar-refractivity contribution in [2.45, 2.75) is 6.42 Å². The van der Waals surface area contributed by atoms with E-state index in [2.05, 4.69) is 10.3 Å². The Morgan fingerprint density at radius 1 is 1.42 bits per heavy atom. The minimum atomic E-state index is -3.03. The van der Waals surface area contributed by atoms with Gasteiger partial charge in [0.2, 0.25) is 5.91 Å². The van der Waals surface area contributed by atoms with Gasteiger partial charge in [-0.15, -0.1) is 0 Å². The summed E-state index contributed by atoms with van der Waals surface area (Å²) in [5, 5.41) is 2.70. The molecule has 6 nitrogen and oxygen atoms in total. The van der Waals surface area contributed by atoms with Crippen molar-refractivity contribution in [2.24, 2.45) is 5.92 Å². The van der Waals surface area contributed by atoms with Gasteiger partial charge in [0.25, 0.3) is 0 Å². The number of nitrogens with one attached hydrogen (secondary N) is 1. The van der Waals surface area contributed by atoms with Crippen LogP contribution in [-0.2, 0) is 14.6 Å². The van der Waals surface area contributed by atoms with Crippen molar-refractivity contribution in [3.8, 4) is 0 Å². The lowest BCUT2D eigenvalue weighted by molar-refractivity contribution is -0.119. The van der Waals surface area contributed by atoms with Crippen LogP contribution in [-0.4, -0.2) is 44.9 Å². The van der Waals surface area contributed by atoms with E-state index in [9.17, 15) is 13.2 Å². The van der Waals surface area contributed by atoms with Gasteiger partial charge in [0.05, 0.1) is 29.3 Å². The number of pyridine rings is 1. The Hall–Kier alpha value is -1.63. The number of nitrogens with zero attached hydrogens (tertiary/aromatic N) is 2. The molecule has 2 rings (SSSR count). The predicted molar refractivity (Wildman–Crippen MR) is 74.0 cm³/mol. The van der Waals surface area contributed by atoms with Crippen LogP contribution < -0.4 is 10.2 Å². The van der Waals surface area contributed by atoms with E-state index in [-0.39, 0.29) is 17.4 Å². The molecule has 1 fully saturated rings. The first-order valence-corrected chi connectivity index (χ1v) is 7.84. The smallest absolute Gasteiger partial charge is 0.228 e. The van der Waals surface area contributed by atoms with Crippen LogP contribution in [0.5, 0.6) is 0 Å². The van der Waals surface area contributed by atoms with Crippen LogP contribution in [0.25, 0.3) is 0 Å². The molecule has 1 unspecified atom stereocenters. The third-order valence-corrected chi connectivity index (χ3v) is 4.84. The molecule has 1 aliphatic heterocycles. The van der Waals surface area contributed by atoms with E-state index < -0.39 is 15.8 Å². The fourth-order valence-corrected chi connectivity index (χ4v) is 3.71. The summed E-state index contributed by atoms with van der Waals surface area (Å²) < 4.78 is 22.6. The maximum atomic E-state index is 11.9. The molecule has 2 heterocycles. The maximum absolute atomic E-state index is 11.9. The fourth-order valence-electron chi connectivity index (χ4n) is 1.97. The first-order valence-electron chi connectivity index (χ1n) is 6.02. The van der Waals surface area contributed by atoms with Crippen LogP contribution in [0.4, 0.5) is 11.5 Å². The Kier molecular flexibility index (Phi) is 3.75. The average Bonchev–Trinajstić information content (AvgIpc) is 2.70. The third-order valence-electron chi connectivity index (χ3n) is 3.08. The number of hydrogen-bond acceptors (Lipinski definition) is 5. The van der Waals surface area contributed by atoms with E-state index in [0.717, 1.165) is 5.82 Å². The van der Waals surface area contributed by atoms with E-state index in [4.69, 9.17) is 0 Å². The lowest BCUT2D eigenvalue weighted by Gasteiger charge is -2.12. The molecule has 0 radical (unpaired) electrons. The molecule has 0 saturated carbocycles. The van der Waals surface area contributed by atoms with Gasteiger partial charge in [-0.05, 0) is 18.6 Å². The van der Waals surface area contributed by atoms with Crippen LogP contribution in [0.2, 0.25) is 0 Å². The molecule has 1 saturated heterocycles. The first kappa shape index (κ1) is 13.8. The molecule has 1 atom stereocenters. The highest BCUT2D eigenvalue weighted by Gasteiger charge is 2.32. The molecule has 0 bridgehead atoms. The van der Waals surface area contributed by atoms with Gasteiger partial charge in [-0.1, -0.05) is 0 Å². The van der Waals surface area contributed by atoms with E-state index in [0.29, 0.717) is 12.1 Å². The predicted octanol–water partition coefficient (Wildman–Crippen LogP) is 0.521. The SMILES string of the molecule is CN(C)c1ccc(NC(=O)C2CCS(=O)(=O)C2)cn1. The Morgan fingerprint density at radius 2 is 2.16 bits per heavy atom. The zero-order chi connectivity index (χ0) is 14.0. The van der Waals surface area contributed by atoms with Crippen molar-refractivity contribution in [1.82, 2.24) is 4.98 Å². The van der Waals surface area contributed by atoms with Gasteiger partial charge in [-0.2, -0.15) is 0 Å². The van der Waals surface area contributed by atoms with Gasteiger partial charge in [0.1, 0.15) is 5.82 Å². The zero-order valence-corrected chi connectivity index (χ0v) is 11.8. The van der Waals surface area contributed by atoms with Crippen LogP contribution in [0, 0.1) is 5.92 Å². The Balaban J connectivity index is 1.99. The summed E-state index contributed by atoms with van der Waals surface area (Å²) in [6.07, 6.45) is 1.97. The van der Waals surface area contributed by atoms with Gasteiger partial charge in [0, 0.05) is 14.1 Å². The first-order chi connectivity index (χ1) is 8.87. The minimum absolute atomic E-state index is 0.0535. The van der Waals surface area contributed by atoms with Crippen molar-refractivity contribution < 1.29 is 13.2 Å². The quantitative estimate of drug-likeness (QED) is 0.875. The molecule has 1 aromatic heterocycles. The number of sulfone groups is 1. The summed E-state index contributed by atoms with van der Waals surface area (Å²) in [5.74, 6) is 0.144. The van der Waals surface area contributed by atoms with E-state index in [1.807, 2.05) is 19.0 Å². The lowest BCUT2D eigenvalue weighted by atomic mass is 10.1. The van der Waals surface area contributed by atoms with Crippen molar-refractivity contribution in [1.29, 1.82) is 0 Å². The number of aromatic nitrogens is 1. The third kappa shape index (κ3) is 3.44. The molecular formula is C12H17N3O3S. The van der Waals surface area contributed by atoms with Crippen molar-refractivity contribution in [3.63, 3.8) is 0 Å². The monoisotopic (exact) mass is 283 g/mol. The Bertz CT molecular complexity index is 566. The average molecular weight is 283 g/mol. The second-order valence-corrected chi connectivity index (χ2v) is 7.12. The van der Waals surface area contributed by atoms with Crippen LogP contribution in [0.15, 0.2) is 18.3 Å². The fraction of sp³-hybridized carbons (Fsp3) is 0.500. The molecule has 0 spiro atoms. The number of hydrogen-bond donors (Lipinski definition) is 1. The normalized spacial score (nSPS) is 21.1. The highest BCUT2D eigenvalue weighted by atomic mass is 32.2. The minimum Gasteiger partial charge on any atom is -0.363 e. The van der Waals surface area contributed by atoms with E-state index in [1.54, 1.807) is 18.3 Å². The number of carbonyl (C=O) groups excluding carboxylic acids is 1. The molecule has 1 amide bonds. The van der Waals surface area contributed by atoms with Crippen LogP contribution >= 0.6 is 0 Å². The highest BCUT2D eigenvalue weighted by Crippen LogP contribution is 2.20. The van der Waals surface area contributed by atoms with Crippen LogP contribution in [0.1, 0.15) is 6.42 Å². The van der Waals surface area contributed by atoms with E-state index >= 15 is 0 Å². The topological polar surface area (TPSA) is 79.4 Å². The number of carbonyl (C=O) groups is 1. The summed E-state index contributed by atoms with van der Waals surface area (Å²) >= 11 is 0. The highest BCUT2D eigenvalue weighted by molar-refractivity contribution is 7.91. The van der Waals surface area contributed by atoms with Gasteiger partial charge >= 0.3 is 0 Å². The van der Waals surface area contributed by atoms with Gasteiger partial charge < -0.3 is 10.2 Å². The van der Waals surface area contributed by atoms with E-state index in [1.165, 1.54) is 0 Å². The second-order valence-electron chi connectivity index (χ2n) is 4.89. The summed E-state index contributed by atoms with van der Waals surface area (Å²) in [4.78, 5) is 17.9. The number of anilines is 2. The summed E-state index contributed by atoms with van der Waals surface area (Å²) in [6, 6.07) is 3.55. The van der Waals surface area contributed by atoms with Gasteiger partial charge in [0.15, 0.2) is 9.84 Å².